The third-order valence-electron chi connectivity index (χ3n) is 5.29. The monoisotopic (exact) mass is 486 g/mol. The van der Waals surface area contributed by atoms with Crippen LogP contribution in [0.1, 0.15) is 19.8 Å². The summed E-state index contributed by atoms with van der Waals surface area (Å²) in [7, 11) is -4.15. The van der Waals surface area contributed by atoms with E-state index in [1.807, 2.05) is 36.6 Å². The molecular formula is C23H22N2O6S2. The van der Waals surface area contributed by atoms with Gasteiger partial charge in [0.25, 0.3) is 0 Å². The van der Waals surface area contributed by atoms with Crippen LogP contribution in [-0.4, -0.2) is 38.0 Å². The van der Waals surface area contributed by atoms with E-state index >= 15 is 0 Å². The van der Waals surface area contributed by atoms with E-state index in [1.165, 1.54) is 23.5 Å². The van der Waals surface area contributed by atoms with Crippen molar-refractivity contribution in [3.8, 4) is 0 Å². The Kier molecular flexibility index (Phi) is 6.50. The molecule has 1 amide bonds. The van der Waals surface area contributed by atoms with Crippen molar-refractivity contribution in [2.75, 3.05) is 11.4 Å². The number of carbonyl (C=O) groups is 2. The maximum Gasteiger partial charge on any atom is 0.321 e. The number of para-hydroxylation sites is 1. The van der Waals surface area contributed by atoms with Crippen molar-refractivity contribution in [2.24, 2.45) is 0 Å². The highest BCUT2D eigenvalue weighted by Crippen LogP contribution is 2.30. The van der Waals surface area contributed by atoms with Crippen LogP contribution in [0, 0.1) is 0 Å². The molecule has 1 atom stereocenters. The van der Waals surface area contributed by atoms with Gasteiger partial charge in [-0.3, -0.25) is 9.59 Å². The van der Waals surface area contributed by atoms with Crippen LogP contribution < -0.4 is 9.62 Å². The lowest BCUT2D eigenvalue weighted by Crippen LogP contribution is -2.42. The van der Waals surface area contributed by atoms with Crippen molar-refractivity contribution < 1.29 is 27.5 Å². The fourth-order valence-corrected chi connectivity index (χ4v) is 5.70. The molecule has 0 radical (unpaired) electrons. The molecule has 4 aromatic rings. The number of amides is 1. The Hall–Kier alpha value is -3.21. The van der Waals surface area contributed by atoms with Crippen molar-refractivity contribution >= 4 is 60.2 Å². The van der Waals surface area contributed by atoms with E-state index in [4.69, 9.17) is 4.42 Å². The average molecular weight is 487 g/mol. The van der Waals surface area contributed by atoms with Gasteiger partial charge < -0.3 is 14.4 Å². The highest BCUT2D eigenvalue weighted by Gasteiger charge is 2.27. The first-order valence-corrected chi connectivity index (χ1v) is 12.7. The molecule has 0 saturated carbocycles. The number of hydrogen-bond acceptors (Lipinski definition) is 6. The number of anilines is 1. The van der Waals surface area contributed by atoms with E-state index < -0.39 is 22.0 Å². The maximum atomic E-state index is 13.0. The molecule has 0 saturated heterocycles. The quantitative estimate of drug-likeness (QED) is 0.366. The Balaban J connectivity index is 1.52. The van der Waals surface area contributed by atoms with Gasteiger partial charge in [0.2, 0.25) is 15.9 Å². The van der Waals surface area contributed by atoms with E-state index in [-0.39, 0.29) is 23.6 Å². The number of nitrogens with zero attached hydrogens (tertiary/aromatic N) is 1. The molecule has 1 unspecified atom stereocenters. The smallest absolute Gasteiger partial charge is 0.321 e. The lowest BCUT2D eigenvalue weighted by molar-refractivity contribution is -0.139. The molecule has 2 N–H and O–H groups in total. The van der Waals surface area contributed by atoms with Crippen LogP contribution in [0.15, 0.2) is 69.3 Å². The zero-order valence-corrected chi connectivity index (χ0v) is 19.4. The molecule has 172 valence electrons. The molecule has 0 aliphatic carbocycles. The predicted octanol–water partition coefficient (Wildman–Crippen LogP) is 4.21. The van der Waals surface area contributed by atoms with Crippen LogP contribution in [0.2, 0.25) is 0 Å². The second-order valence-corrected chi connectivity index (χ2v) is 10.0. The predicted molar refractivity (Wildman–Crippen MR) is 127 cm³/mol. The SMILES string of the molecule is CCN(C(=O)CCC(NS(=O)(=O)c1ccc2oc3ccccc3c2c1)C(=O)O)c1cccs1. The topological polar surface area (TPSA) is 117 Å². The molecule has 0 aliphatic rings. The van der Waals surface area contributed by atoms with Crippen LogP contribution in [0.4, 0.5) is 5.00 Å². The summed E-state index contributed by atoms with van der Waals surface area (Å²) in [5.41, 5.74) is 1.16. The number of aliphatic carboxylic acids is 1. The third-order valence-corrected chi connectivity index (χ3v) is 7.65. The van der Waals surface area contributed by atoms with Gasteiger partial charge in [0.05, 0.1) is 9.90 Å². The van der Waals surface area contributed by atoms with Crippen molar-refractivity contribution in [1.82, 2.24) is 4.72 Å². The lowest BCUT2D eigenvalue weighted by atomic mass is 10.1. The Bertz CT molecular complexity index is 1410. The van der Waals surface area contributed by atoms with E-state index in [1.54, 1.807) is 23.1 Å². The van der Waals surface area contributed by atoms with Crippen molar-refractivity contribution in [1.29, 1.82) is 0 Å². The second kappa shape index (κ2) is 9.34. The van der Waals surface area contributed by atoms with Gasteiger partial charge in [0, 0.05) is 23.7 Å². The Morgan fingerprint density at radius 2 is 1.85 bits per heavy atom. The number of carboxylic acids is 1. The van der Waals surface area contributed by atoms with Crippen LogP contribution in [-0.2, 0) is 19.6 Å². The number of rotatable bonds is 9. The van der Waals surface area contributed by atoms with Crippen LogP contribution in [0.3, 0.4) is 0 Å². The fourth-order valence-electron chi connectivity index (χ4n) is 3.64. The number of hydrogen-bond donors (Lipinski definition) is 2. The first-order chi connectivity index (χ1) is 15.8. The highest BCUT2D eigenvalue weighted by atomic mass is 32.2. The molecule has 8 nitrogen and oxygen atoms in total. The number of carbonyl (C=O) groups excluding carboxylic acids is 1. The van der Waals surface area contributed by atoms with Gasteiger partial charge in [-0.25, -0.2) is 8.42 Å². The molecular weight excluding hydrogens is 464 g/mol. The molecule has 0 aliphatic heterocycles. The number of carboxylic acid groups (broad SMARTS) is 1. The maximum absolute atomic E-state index is 13.0. The average Bonchev–Trinajstić information content (AvgIpc) is 3.44. The molecule has 2 aromatic heterocycles. The van der Waals surface area contributed by atoms with Crippen LogP contribution >= 0.6 is 11.3 Å². The van der Waals surface area contributed by atoms with Crippen molar-refractivity contribution in [3.63, 3.8) is 0 Å². The summed E-state index contributed by atoms with van der Waals surface area (Å²) in [4.78, 5) is 25.9. The number of benzene rings is 2. The molecule has 2 aromatic carbocycles. The minimum absolute atomic E-state index is 0.0760. The minimum atomic E-state index is -4.15. The summed E-state index contributed by atoms with van der Waals surface area (Å²) in [6.07, 6.45) is -0.289. The minimum Gasteiger partial charge on any atom is -0.480 e. The normalized spacial score (nSPS) is 12.8. The standard InChI is InChI=1S/C23H22N2O6S2/c1-2-25(22-8-5-13-32-22)21(26)12-10-18(23(27)28)24-33(29,30)15-9-11-20-17(14-15)16-6-3-4-7-19(16)31-20/h3-9,11,13-14,18,24H,2,10,12H2,1H3,(H,27,28). The Labute approximate surface area is 194 Å². The first-order valence-electron chi connectivity index (χ1n) is 10.3. The van der Waals surface area contributed by atoms with Gasteiger partial charge in [0.15, 0.2) is 0 Å². The number of furan rings is 1. The molecule has 33 heavy (non-hydrogen) atoms. The lowest BCUT2D eigenvalue weighted by Gasteiger charge is -2.20. The summed E-state index contributed by atoms with van der Waals surface area (Å²) in [6.45, 7) is 2.26. The van der Waals surface area contributed by atoms with E-state index in [9.17, 15) is 23.1 Å². The number of sulfonamides is 1. The number of fused-ring (bicyclic) bond motifs is 3. The van der Waals surface area contributed by atoms with E-state index in [0.717, 1.165) is 10.4 Å². The van der Waals surface area contributed by atoms with Crippen molar-refractivity contribution in [2.45, 2.75) is 30.7 Å². The van der Waals surface area contributed by atoms with Gasteiger partial charge >= 0.3 is 5.97 Å². The van der Waals surface area contributed by atoms with Gasteiger partial charge in [-0.2, -0.15) is 4.72 Å². The summed E-state index contributed by atoms with van der Waals surface area (Å²) < 4.78 is 33.9. The van der Waals surface area contributed by atoms with Crippen molar-refractivity contribution in [3.05, 3.63) is 60.0 Å². The number of thiophene rings is 1. The third kappa shape index (κ3) is 4.77. The molecule has 0 fully saturated rings. The summed E-state index contributed by atoms with van der Waals surface area (Å²) in [5, 5.41) is 13.6. The molecule has 4 rings (SSSR count). The van der Waals surface area contributed by atoms with Gasteiger partial charge in [-0.15, -0.1) is 11.3 Å². The Morgan fingerprint density at radius 1 is 1.09 bits per heavy atom. The molecule has 0 spiro atoms. The van der Waals surface area contributed by atoms with Gasteiger partial charge in [-0.1, -0.05) is 18.2 Å². The number of nitrogens with one attached hydrogen (secondary N) is 1. The van der Waals surface area contributed by atoms with E-state index in [2.05, 4.69) is 4.72 Å². The first kappa shape index (κ1) is 23.0. The molecule has 0 bridgehead atoms. The largest absolute Gasteiger partial charge is 0.480 e. The van der Waals surface area contributed by atoms with Crippen LogP contribution in [0.5, 0.6) is 0 Å². The Morgan fingerprint density at radius 3 is 2.55 bits per heavy atom. The van der Waals surface area contributed by atoms with Gasteiger partial charge in [-0.05, 0) is 55.1 Å². The molecule has 10 heteroatoms. The second-order valence-electron chi connectivity index (χ2n) is 7.40. The summed E-state index contributed by atoms with van der Waals surface area (Å²) >= 11 is 1.40. The van der Waals surface area contributed by atoms with Crippen LogP contribution in [0.25, 0.3) is 21.9 Å². The zero-order chi connectivity index (χ0) is 23.6. The van der Waals surface area contributed by atoms with Gasteiger partial charge in [0.1, 0.15) is 17.2 Å². The zero-order valence-electron chi connectivity index (χ0n) is 17.7. The highest BCUT2D eigenvalue weighted by molar-refractivity contribution is 7.89. The molecule has 2 heterocycles. The summed E-state index contributed by atoms with van der Waals surface area (Å²) in [5.74, 6) is -1.61. The van der Waals surface area contributed by atoms with E-state index in [0.29, 0.717) is 23.1 Å². The fraction of sp³-hybridized carbons (Fsp3) is 0.217. The summed E-state index contributed by atoms with van der Waals surface area (Å²) in [6, 6.07) is 13.8.